The Kier molecular flexibility index (Phi) is 5.70. The second-order valence-electron chi connectivity index (χ2n) is 7.22. The van der Waals surface area contributed by atoms with Crippen molar-refractivity contribution in [3.63, 3.8) is 0 Å². The van der Waals surface area contributed by atoms with Gasteiger partial charge in [0.05, 0.1) is 41.5 Å². The van der Waals surface area contributed by atoms with Gasteiger partial charge in [0.2, 0.25) is 0 Å². The summed E-state index contributed by atoms with van der Waals surface area (Å²) in [6, 6.07) is 6.94. The van der Waals surface area contributed by atoms with Crippen LogP contribution in [0.3, 0.4) is 0 Å². The number of nitrogens with zero attached hydrogens (tertiary/aromatic N) is 3. The van der Waals surface area contributed by atoms with Crippen LogP contribution in [0.15, 0.2) is 40.5 Å². The van der Waals surface area contributed by atoms with Gasteiger partial charge in [-0.25, -0.2) is 4.79 Å². The van der Waals surface area contributed by atoms with Crippen molar-refractivity contribution in [1.82, 2.24) is 4.57 Å². The zero-order valence-electron chi connectivity index (χ0n) is 17.8. The largest absolute Gasteiger partial charge is 0.496 e. The van der Waals surface area contributed by atoms with Gasteiger partial charge in [0.25, 0.3) is 5.56 Å². The van der Waals surface area contributed by atoms with Crippen LogP contribution in [0, 0.1) is 18.3 Å². The number of carboxylic acids is 1. The molecule has 1 N–H and O–H groups in total. The van der Waals surface area contributed by atoms with Gasteiger partial charge in [-0.2, -0.15) is 5.26 Å². The third-order valence-electron chi connectivity index (χ3n) is 5.67. The standard InChI is InChI=1S/C23H25N3O4/c1-6-25-12-13(3)21-20(22(25)27)19(18(23(28)29)14(4)26(21)7-2)16-9-8-15(11-24)10-17(16)30-5/h8-10,12,19H,6-7H2,1-5H3,(H,28,29). The number of hydrogen-bond acceptors (Lipinski definition) is 5. The fourth-order valence-electron chi connectivity index (χ4n) is 4.35. The van der Waals surface area contributed by atoms with Crippen LogP contribution in [0.25, 0.3) is 0 Å². The van der Waals surface area contributed by atoms with Gasteiger partial charge in [0.15, 0.2) is 0 Å². The number of carbonyl (C=O) groups is 1. The van der Waals surface area contributed by atoms with Gasteiger partial charge >= 0.3 is 5.97 Å². The fraction of sp³-hybridized carbons (Fsp3) is 0.348. The van der Waals surface area contributed by atoms with E-state index in [1.807, 2.05) is 31.9 Å². The predicted octanol–water partition coefficient (Wildman–Crippen LogP) is 3.39. The second-order valence-corrected chi connectivity index (χ2v) is 7.22. The monoisotopic (exact) mass is 407 g/mol. The average Bonchev–Trinajstić information content (AvgIpc) is 2.74. The Labute approximate surface area is 175 Å². The number of aryl methyl sites for hydroxylation is 2. The van der Waals surface area contributed by atoms with Gasteiger partial charge in [0.1, 0.15) is 5.75 Å². The van der Waals surface area contributed by atoms with Crippen LogP contribution < -0.4 is 15.2 Å². The lowest BCUT2D eigenvalue weighted by Gasteiger charge is -2.38. The lowest BCUT2D eigenvalue weighted by Crippen LogP contribution is -2.38. The van der Waals surface area contributed by atoms with Gasteiger partial charge in [-0.05, 0) is 45.4 Å². The Hall–Kier alpha value is -3.53. The van der Waals surface area contributed by atoms with Crippen LogP contribution in [0.5, 0.6) is 5.75 Å². The molecule has 156 valence electrons. The molecule has 0 fully saturated rings. The third kappa shape index (κ3) is 3.14. The van der Waals surface area contributed by atoms with Crippen LogP contribution >= 0.6 is 0 Å². The maximum atomic E-state index is 13.5. The molecule has 7 heteroatoms. The molecule has 0 bridgehead atoms. The highest BCUT2D eigenvalue weighted by molar-refractivity contribution is 5.94. The third-order valence-corrected chi connectivity index (χ3v) is 5.67. The van der Waals surface area contributed by atoms with Crippen LogP contribution in [0.2, 0.25) is 0 Å². The summed E-state index contributed by atoms with van der Waals surface area (Å²) < 4.78 is 7.11. The number of hydrogen-bond donors (Lipinski definition) is 1. The van der Waals surface area contributed by atoms with Crippen molar-refractivity contribution in [2.45, 2.75) is 40.2 Å². The first-order valence-electron chi connectivity index (χ1n) is 9.84. The molecule has 1 aliphatic heterocycles. The van der Waals surface area contributed by atoms with Gasteiger partial charge in [-0.15, -0.1) is 0 Å². The van der Waals surface area contributed by atoms with E-state index in [4.69, 9.17) is 4.74 Å². The molecule has 0 saturated carbocycles. The summed E-state index contributed by atoms with van der Waals surface area (Å²) in [5, 5.41) is 19.4. The van der Waals surface area contributed by atoms with Gasteiger partial charge in [-0.1, -0.05) is 6.07 Å². The zero-order chi connectivity index (χ0) is 22.2. The Bertz CT molecular complexity index is 1150. The first-order chi connectivity index (χ1) is 14.3. The maximum absolute atomic E-state index is 13.5. The molecular formula is C23H25N3O4. The number of benzene rings is 1. The van der Waals surface area contributed by atoms with E-state index in [9.17, 15) is 20.0 Å². The Balaban J connectivity index is 2.49. The van der Waals surface area contributed by atoms with E-state index >= 15 is 0 Å². The van der Waals surface area contributed by atoms with Crippen molar-refractivity contribution in [2.75, 3.05) is 18.6 Å². The number of ether oxygens (including phenoxy) is 1. The van der Waals surface area contributed by atoms with Crippen molar-refractivity contribution in [1.29, 1.82) is 5.26 Å². The summed E-state index contributed by atoms with van der Waals surface area (Å²) in [4.78, 5) is 27.8. The van der Waals surface area contributed by atoms with Gasteiger partial charge in [0, 0.05) is 30.5 Å². The molecule has 0 radical (unpaired) electrons. The van der Waals surface area contributed by atoms with Crippen LogP contribution in [-0.2, 0) is 11.3 Å². The van der Waals surface area contributed by atoms with E-state index in [1.54, 1.807) is 29.7 Å². The molecule has 1 aromatic carbocycles. The minimum absolute atomic E-state index is 0.137. The summed E-state index contributed by atoms with van der Waals surface area (Å²) in [7, 11) is 1.47. The summed E-state index contributed by atoms with van der Waals surface area (Å²) in [5.41, 5.74) is 3.51. The molecule has 2 aromatic rings. The highest BCUT2D eigenvalue weighted by atomic mass is 16.5. The second kappa shape index (κ2) is 8.07. The number of rotatable bonds is 5. The number of pyridine rings is 1. The maximum Gasteiger partial charge on any atom is 0.334 e. The van der Waals surface area contributed by atoms with E-state index in [1.165, 1.54) is 7.11 Å². The summed E-state index contributed by atoms with van der Waals surface area (Å²) in [6.45, 7) is 8.51. The Morgan fingerprint density at radius 2 is 1.97 bits per heavy atom. The normalized spacial score (nSPS) is 15.6. The number of aliphatic carboxylic acids is 1. The molecule has 7 nitrogen and oxygen atoms in total. The summed E-state index contributed by atoms with van der Waals surface area (Å²) >= 11 is 0. The number of aromatic nitrogens is 1. The van der Waals surface area contributed by atoms with Crippen LogP contribution in [0.1, 0.15) is 48.9 Å². The van der Waals surface area contributed by atoms with Crippen molar-refractivity contribution in [3.8, 4) is 11.8 Å². The summed E-state index contributed by atoms with van der Waals surface area (Å²) in [5.74, 6) is -1.52. The van der Waals surface area contributed by atoms with Crippen molar-refractivity contribution in [2.24, 2.45) is 0 Å². The highest BCUT2D eigenvalue weighted by Crippen LogP contribution is 2.46. The van der Waals surface area contributed by atoms with Crippen molar-refractivity contribution >= 4 is 11.7 Å². The average molecular weight is 407 g/mol. The van der Waals surface area contributed by atoms with Crippen molar-refractivity contribution < 1.29 is 14.6 Å². The molecule has 0 amide bonds. The van der Waals surface area contributed by atoms with E-state index < -0.39 is 11.9 Å². The van der Waals surface area contributed by atoms with Crippen LogP contribution in [0.4, 0.5) is 5.69 Å². The SMILES string of the molecule is CCN1C(C)=C(C(=O)O)C(c2ccc(C#N)cc2OC)c2c1c(C)cn(CC)c2=O. The molecule has 0 saturated heterocycles. The quantitative estimate of drug-likeness (QED) is 0.816. The topological polar surface area (TPSA) is 95.6 Å². The summed E-state index contributed by atoms with van der Waals surface area (Å²) in [6.07, 6.45) is 1.82. The van der Waals surface area contributed by atoms with Gasteiger partial charge < -0.3 is 19.3 Å². The smallest absolute Gasteiger partial charge is 0.334 e. The molecule has 0 aliphatic carbocycles. The Morgan fingerprint density at radius 1 is 1.27 bits per heavy atom. The molecule has 1 atom stereocenters. The number of allylic oxidation sites excluding steroid dienone is 1. The first kappa shape index (κ1) is 21.2. The lowest BCUT2D eigenvalue weighted by molar-refractivity contribution is -0.133. The molecule has 2 heterocycles. The number of nitriles is 1. The first-order valence-corrected chi connectivity index (χ1v) is 9.84. The van der Waals surface area contributed by atoms with Crippen LogP contribution in [-0.4, -0.2) is 29.3 Å². The van der Waals surface area contributed by atoms with Crippen molar-refractivity contribution in [3.05, 3.63) is 68.3 Å². The molecular weight excluding hydrogens is 382 g/mol. The van der Waals surface area contributed by atoms with E-state index in [-0.39, 0.29) is 11.1 Å². The Morgan fingerprint density at radius 3 is 2.50 bits per heavy atom. The molecule has 0 spiro atoms. The molecule has 3 rings (SSSR count). The zero-order valence-corrected chi connectivity index (χ0v) is 17.8. The van der Waals surface area contributed by atoms with E-state index in [2.05, 4.69) is 6.07 Å². The fourth-order valence-corrected chi connectivity index (χ4v) is 4.35. The lowest BCUT2D eigenvalue weighted by atomic mass is 9.79. The van der Waals surface area contributed by atoms with E-state index in [0.717, 1.165) is 11.3 Å². The number of anilines is 1. The number of carboxylic acid groups (broad SMARTS) is 1. The van der Waals surface area contributed by atoms with E-state index in [0.29, 0.717) is 41.2 Å². The predicted molar refractivity (Wildman–Crippen MR) is 114 cm³/mol. The molecule has 1 aliphatic rings. The minimum Gasteiger partial charge on any atom is -0.496 e. The molecule has 1 unspecified atom stereocenters. The minimum atomic E-state index is -1.09. The number of fused-ring (bicyclic) bond motifs is 1. The highest BCUT2D eigenvalue weighted by Gasteiger charge is 2.39. The molecule has 30 heavy (non-hydrogen) atoms. The van der Waals surface area contributed by atoms with Gasteiger partial charge in [-0.3, -0.25) is 4.79 Å². The number of methoxy groups -OCH3 is 1. The molecule has 1 aromatic heterocycles.